The number of fused-ring (bicyclic) bond motifs is 3. The van der Waals surface area contributed by atoms with Gasteiger partial charge in [-0.2, -0.15) is 0 Å². The molecule has 0 saturated carbocycles. The second kappa shape index (κ2) is 6.80. The van der Waals surface area contributed by atoms with Crippen LogP contribution in [0.5, 0.6) is 0 Å². The van der Waals surface area contributed by atoms with E-state index in [0.29, 0.717) is 5.56 Å². The standard InChI is InChI=1S/C22H14N2O3/c25-22(14-23-20-7-3-4-8-21(20)24(26)27)17-12-11-16-10-9-15-5-1-2-6-18(15)19(16)13-17/h1-14H. The summed E-state index contributed by atoms with van der Waals surface area (Å²) >= 11 is 0. The highest BCUT2D eigenvalue weighted by atomic mass is 16.6. The minimum absolute atomic E-state index is 0.133. The number of nitro groups is 1. The molecule has 27 heavy (non-hydrogen) atoms. The fourth-order valence-corrected chi connectivity index (χ4v) is 3.09. The quantitative estimate of drug-likeness (QED) is 0.160. The van der Waals surface area contributed by atoms with Crippen LogP contribution in [0.25, 0.3) is 21.5 Å². The van der Waals surface area contributed by atoms with Crippen molar-refractivity contribution < 1.29 is 9.72 Å². The van der Waals surface area contributed by atoms with E-state index in [1.54, 1.807) is 18.2 Å². The van der Waals surface area contributed by atoms with Crippen LogP contribution in [0.4, 0.5) is 11.4 Å². The Kier molecular flexibility index (Phi) is 4.18. The van der Waals surface area contributed by atoms with Crippen LogP contribution in [0.1, 0.15) is 10.4 Å². The van der Waals surface area contributed by atoms with Crippen LogP contribution in [0, 0.1) is 10.1 Å². The minimum atomic E-state index is -0.515. The number of nitrogens with zero attached hydrogens (tertiary/aromatic N) is 2. The van der Waals surface area contributed by atoms with Crippen molar-refractivity contribution in [3.05, 3.63) is 94.5 Å². The number of nitro benzene ring substituents is 1. The Morgan fingerprint density at radius 2 is 1.52 bits per heavy atom. The van der Waals surface area contributed by atoms with E-state index in [2.05, 4.69) is 11.1 Å². The van der Waals surface area contributed by atoms with Gasteiger partial charge in [0.2, 0.25) is 5.78 Å². The number of hydrogen-bond acceptors (Lipinski definition) is 4. The van der Waals surface area contributed by atoms with Crippen molar-refractivity contribution in [3.8, 4) is 0 Å². The summed E-state index contributed by atoms with van der Waals surface area (Å²) in [4.78, 5) is 27.1. The van der Waals surface area contributed by atoms with Crippen molar-refractivity contribution >= 4 is 44.9 Å². The van der Waals surface area contributed by atoms with Gasteiger partial charge in [0.15, 0.2) is 0 Å². The van der Waals surface area contributed by atoms with E-state index in [-0.39, 0.29) is 17.2 Å². The van der Waals surface area contributed by atoms with Gasteiger partial charge in [0.1, 0.15) is 5.69 Å². The molecule has 0 aliphatic carbocycles. The van der Waals surface area contributed by atoms with Crippen LogP contribution in [-0.2, 0) is 0 Å². The predicted molar refractivity (Wildman–Crippen MR) is 107 cm³/mol. The fraction of sp³-hybridized carbons (Fsp3) is 0. The lowest BCUT2D eigenvalue weighted by atomic mass is 9.99. The average molecular weight is 354 g/mol. The summed E-state index contributed by atoms with van der Waals surface area (Å²) in [6, 6.07) is 23.6. The van der Waals surface area contributed by atoms with Gasteiger partial charge in [-0.1, -0.05) is 60.7 Å². The summed E-state index contributed by atoms with van der Waals surface area (Å²) in [6.07, 6.45) is 1.13. The van der Waals surface area contributed by atoms with Crippen molar-refractivity contribution in [1.82, 2.24) is 0 Å². The third-order valence-corrected chi connectivity index (χ3v) is 4.43. The molecule has 0 N–H and O–H groups in total. The molecule has 0 amide bonds. The number of Topliss-reactive ketones (excluding diaryl/α,β-unsaturated/α-hetero) is 1. The number of ketones is 1. The lowest BCUT2D eigenvalue weighted by Gasteiger charge is -2.05. The van der Waals surface area contributed by atoms with Gasteiger partial charge in [0.05, 0.1) is 11.1 Å². The molecule has 0 saturated heterocycles. The molecule has 0 bridgehead atoms. The number of carbonyl (C=O) groups is 1. The van der Waals surface area contributed by atoms with Gasteiger partial charge in [-0.15, -0.1) is 0 Å². The van der Waals surface area contributed by atoms with Gasteiger partial charge < -0.3 is 0 Å². The van der Waals surface area contributed by atoms with Gasteiger partial charge >= 0.3 is 0 Å². The highest BCUT2D eigenvalue weighted by Gasteiger charge is 2.12. The van der Waals surface area contributed by atoms with E-state index in [4.69, 9.17) is 0 Å². The lowest BCUT2D eigenvalue weighted by molar-refractivity contribution is -0.384. The average Bonchev–Trinajstić information content (AvgIpc) is 2.71. The Balaban J connectivity index is 1.73. The zero-order valence-corrected chi connectivity index (χ0v) is 14.2. The van der Waals surface area contributed by atoms with E-state index in [0.717, 1.165) is 27.8 Å². The molecule has 0 aliphatic rings. The molecule has 0 aliphatic heterocycles. The first kappa shape index (κ1) is 16.6. The van der Waals surface area contributed by atoms with E-state index >= 15 is 0 Å². The van der Waals surface area contributed by atoms with Crippen LogP contribution in [-0.4, -0.2) is 16.9 Å². The minimum Gasteiger partial charge on any atom is -0.288 e. The summed E-state index contributed by atoms with van der Waals surface area (Å²) in [6.45, 7) is 0. The van der Waals surface area contributed by atoms with Crippen LogP contribution in [0.15, 0.2) is 83.9 Å². The van der Waals surface area contributed by atoms with Crippen molar-refractivity contribution in [2.75, 3.05) is 0 Å². The van der Waals surface area contributed by atoms with Crippen molar-refractivity contribution in [1.29, 1.82) is 0 Å². The number of hydrogen-bond donors (Lipinski definition) is 0. The molecule has 0 fully saturated rings. The number of benzene rings is 4. The first-order valence-corrected chi connectivity index (χ1v) is 8.37. The second-order valence-electron chi connectivity index (χ2n) is 6.09. The largest absolute Gasteiger partial charge is 0.294 e. The number of rotatable bonds is 4. The summed E-state index contributed by atoms with van der Waals surface area (Å²) < 4.78 is 0. The van der Waals surface area contributed by atoms with Gasteiger partial charge in [-0.25, -0.2) is 4.99 Å². The second-order valence-corrected chi connectivity index (χ2v) is 6.09. The maximum absolute atomic E-state index is 12.6. The molecule has 0 atom stereocenters. The molecule has 4 aromatic carbocycles. The SMILES string of the molecule is O=C(C=Nc1ccccc1[N+](=O)[O-])c1ccc2ccc3ccccc3c2c1. The van der Waals surface area contributed by atoms with Crippen LogP contribution >= 0.6 is 0 Å². The molecule has 0 heterocycles. The number of carbonyl (C=O) groups excluding carboxylic acids is 1. The maximum atomic E-state index is 12.6. The Morgan fingerprint density at radius 3 is 2.33 bits per heavy atom. The topological polar surface area (TPSA) is 72.6 Å². The summed E-state index contributed by atoms with van der Waals surface area (Å²) in [5, 5.41) is 15.3. The molecule has 5 nitrogen and oxygen atoms in total. The van der Waals surface area contributed by atoms with Crippen LogP contribution in [0.2, 0.25) is 0 Å². The highest BCUT2D eigenvalue weighted by molar-refractivity contribution is 6.36. The lowest BCUT2D eigenvalue weighted by Crippen LogP contribution is -2.00. The molecule has 4 rings (SSSR count). The zero-order chi connectivity index (χ0) is 18.8. The fourth-order valence-electron chi connectivity index (χ4n) is 3.09. The maximum Gasteiger partial charge on any atom is 0.294 e. The number of aliphatic imine (C=N–C) groups is 1. The Morgan fingerprint density at radius 1 is 0.852 bits per heavy atom. The van der Waals surface area contributed by atoms with E-state index in [1.807, 2.05) is 42.5 Å². The number of para-hydroxylation sites is 2. The molecule has 130 valence electrons. The third-order valence-electron chi connectivity index (χ3n) is 4.43. The van der Waals surface area contributed by atoms with Gasteiger partial charge in [0.25, 0.3) is 5.69 Å². The van der Waals surface area contributed by atoms with E-state index in [9.17, 15) is 14.9 Å². The van der Waals surface area contributed by atoms with Crippen molar-refractivity contribution in [2.45, 2.75) is 0 Å². The first-order valence-electron chi connectivity index (χ1n) is 8.37. The highest BCUT2D eigenvalue weighted by Crippen LogP contribution is 2.27. The Hall–Kier alpha value is -3.86. The molecule has 0 spiro atoms. The predicted octanol–water partition coefficient (Wildman–Crippen LogP) is 5.49. The summed E-state index contributed by atoms with van der Waals surface area (Å²) in [7, 11) is 0. The first-order chi connectivity index (χ1) is 13.1. The smallest absolute Gasteiger partial charge is 0.288 e. The molecular weight excluding hydrogens is 340 g/mol. The molecule has 4 aromatic rings. The monoisotopic (exact) mass is 354 g/mol. The summed E-state index contributed by atoms with van der Waals surface area (Å²) in [5.41, 5.74) is 0.509. The van der Waals surface area contributed by atoms with Gasteiger partial charge in [-0.3, -0.25) is 14.9 Å². The van der Waals surface area contributed by atoms with Crippen molar-refractivity contribution in [3.63, 3.8) is 0 Å². The van der Waals surface area contributed by atoms with E-state index in [1.165, 1.54) is 12.1 Å². The van der Waals surface area contributed by atoms with Gasteiger partial charge in [-0.05, 0) is 33.7 Å². The molecule has 0 unspecified atom stereocenters. The van der Waals surface area contributed by atoms with E-state index < -0.39 is 4.92 Å². The summed E-state index contributed by atoms with van der Waals surface area (Å²) in [5.74, 6) is -0.303. The van der Waals surface area contributed by atoms with Crippen molar-refractivity contribution in [2.24, 2.45) is 4.99 Å². The normalized spacial score (nSPS) is 11.3. The molecule has 0 aromatic heterocycles. The zero-order valence-electron chi connectivity index (χ0n) is 14.2. The molecule has 5 heteroatoms. The van der Waals surface area contributed by atoms with Gasteiger partial charge in [0, 0.05) is 11.6 Å². The molecular formula is C22H14N2O3. The Labute approximate surface area is 154 Å². The van der Waals surface area contributed by atoms with Crippen LogP contribution < -0.4 is 0 Å². The Bertz CT molecular complexity index is 1230. The molecule has 0 radical (unpaired) electrons. The van der Waals surface area contributed by atoms with Crippen LogP contribution in [0.3, 0.4) is 0 Å². The third kappa shape index (κ3) is 3.18.